The van der Waals surface area contributed by atoms with Gasteiger partial charge in [0.1, 0.15) is 11.7 Å². The van der Waals surface area contributed by atoms with Gasteiger partial charge in [0.25, 0.3) is 11.8 Å². The van der Waals surface area contributed by atoms with Crippen LogP contribution in [0.5, 0.6) is 5.88 Å². The molecular weight excluding hydrogens is 566 g/mol. The summed E-state index contributed by atoms with van der Waals surface area (Å²) >= 11 is 0. The summed E-state index contributed by atoms with van der Waals surface area (Å²) in [7, 11) is 0. The van der Waals surface area contributed by atoms with Gasteiger partial charge in [0.05, 0.1) is 5.69 Å². The summed E-state index contributed by atoms with van der Waals surface area (Å²) in [5.41, 5.74) is 2.30. The van der Waals surface area contributed by atoms with E-state index in [4.69, 9.17) is 14.9 Å². The van der Waals surface area contributed by atoms with Crippen molar-refractivity contribution in [1.82, 2.24) is 15.2 Å². The van der Waals surface area contributed by atoms with Gasteiger partial charge in [-0.1, -0.05) is 51.5 Å². The maximum Gasteiger partial charge on any atom is 0.426 e. The van der Waals surface area contributed by atoms with Gasteiger partial charge in [-0.3, -0.25) is 0 Å². The Morgan fingerprint density at radius 2 is 1.76 bits per heavy atom. The number of halogens is 6. The molecule has 0 spiro atoms. The van der Waals surface area contributed by atoms with Gasteiger partial charge in [-0.15, -0.1) is 10.2 Å². The van der Waals surface area contributed by atoms with Crippen LogP contribution in [0.25, 0.3) is 11.6 Å². The molecule has 2 aromatic heterocycles. The highest BCUT2D eigenvalue weighted by atomic mass is 19.4. The molecule has 4 rings (SSSR count). The molecule has 13 heteroatoms. The van der Waals surface area contributed by atoms with E-state index in [1.165, 1.54) is 0 Å². The molecule has 230 valence electrons. The van der Waals surface area contributed by atoms with Gasteiger partial charge in [-0.25, -0.2) is 4.98 Å². The fraction of sp³-hybridized carbons (Fsp3) is 0.552. The number of nitrogens with two attached hydrogens (primary N) is 1. The molecule has 2 atom stereocenters. The highest BCUT2D eigenvalue weighted by molar-refractivity contribution is 5.68. The number of ether oxygens (including phenoxy) is 1. The number of aryl methyl sites for hydroxylation is 1. The van der Waals surface area contributed by atoms with Gasteiger partial charge in [0.2, 0.25) is 11.5 Å². The Morgan fingerprint density at radius 1 is 1.02 bits per heavy atom. The Labute approximate surface area is 239 Å². The number of pyridine rings is 1. The molecule has 0 fully saturated rings. The Morgan fingerprint density at radius 3 is 2.43 bits per heavy atom. The molecule has 0 radical (unpaired) electrons. The van der Waals surface area contributed by atoms with Crippen LogP contribution in [-0.2, 0) is 23.6 Å². The van der Waals surface area contributed by atoms with Crippen molar-refractivity contribution >= 4 is 5.69 Å². The summed E-state index contributed by atoms with van der Waals surface area (Å²) in [6.45, 7) is 6.31. The van der Waals surface area contributed by atoms with Crippen LogP contribution in [0.4, 0.5) is 32.0 Å². The molecular formula is C29H34F6N4O3. The van der Waals surface area contributed by atoms with Gasteiger partial charge in [-0.2, -0.15) is 26.3 Å². The fourth-order valence-corrected chi connectivity index (χ4v) is 4.91. The van der Waals surface area contributed by atoms with E-state index in [0.29, 0.717) is 31.7 Å². The number of rotatable bonds is 4. The minimum absolute atomic E-state index is 0.0475. The summed E-state index contributed by atoms with van der Waals surface area (Å²) in [4.78, 5) is 3.91. The van der Waals surface area contributed by atoms with Crippen molar-refractivity contribution in [3.05, 3.63) is 52.9 Å². The lowest BCUT2D eigenvalue weighted by molar-refractivity contribution is -0.277. The predicted molar refractivity (Wildman–Crippen MR) is 142 cm³/mol. The minimum Gasteiger partial charge on any atom is -0.474 e. The summed E-state index contributed by atoms with van der Waals surface area (Å²) in [6.07, 6.45) is -9.07. The van der Waals surface area contributed by atoms with Crippen LogP contribution in [0.15, 0.2) is 34.7 Å². The fourth-order valence-electron chi connectivity index (χ4n) is 4.91. The zero-order valence-electron chi connectivity index (χ0n) is 23.6. The monoisotopic (exact) mass is 600 g/mol. The molecule has 3 aromatic rings. The molecule has 3 N–H and O–H groups in total. The molecule has 1 aromatic carbocycles. The maximum absolute atomic E-state index is 14.0. The van der Waals surface area contributed by atoms with Crippen molar-refractivity contribution in [2.24, 2.45) is 0 Å². The van der Waals surface area contributed by atoms with E-state index in [1.54, 1.807) is 0 Å². The second-order valence-corrected chi connectivity index (χ2v) is 11.7. The number of aromatic nitrogens is 3. The number of benzene rings is 1. The minimum atomic E-state index is -5.14. The normalized spacial score (nSPS) is 20.6. The third kappa shape index (κ3) is 6.99. The van der Waals surface area contributed by atoms with Crippen LogP contribution >= 0.6 is 0 Å². The van der Waals surface area contributed by atoms with Crippen LogP contribution in [0.2, 0.25) is 0 Å². The number of aliphatic hydroxyl groups is 1. The van der Waals surface area contributed by atoms with E-state index in [-0.39, 0.29) is 24.7 Å². The Balaban J connectivity index is 1.66. The van der Waals surface area contributed by atoms with Crippen molar-refractivity contribution in [2.45, 2.75) is 102 Å². The van der Waals surface area contributed by atoms with E-state index in [1.807, 2.05) is 18.2 Å². The zero-order chi connectivity index (χ0) is 30.9. The predicted octanol–water partition coefficient (Wildman–Crippen LogP) is 7.51. The van der Waals surface area contributed by atoms with E-state index >= 15 is 0 Å². The largest absolute Gasteiger partial charge is 0.474 e. The van der Waals surface area contributed by atoms with Crippen LogP contribution in [-0.4, -0.2) is 32.6 Å². The topological polar surface area (TPSA) is 107 Å². The van der Waals surface area contributed by atoms with E-state index in [0.717, 1.165) is 11.1 Å². The summed E-state index contributed by atoms with van der Waals surface area (Å²) in [6, 6.07) is 8.68. The quantitative estimate of drug-likeness (QED) is 0.298. The summed E-state index contributed by atoms with van der Waals surface area (Å²) < 4.78 is 94.7. The number of hydrogen-bond acceptors (Lipinski definition) is 7. The molecule has 0 saturated heterocycles. The number of nitrogen functional groups attached to an aromatic ring is 1. The standard InChI is InChI=1S/C29H34F6N4O3/c1-26(2,3)18-11-7-9-17(15-18)10-8-13-19-12-5-4-6-14-27(40,29(33,34)35)25-39-38-24(42-25)22-21(36)16-20(28(30,31)32)23(37-22)41-19/h7,9,11,15-16,19,40H,4-6,8,10,12-14,36H2,1-3H3/t19?,27-/m1/s1. The number of hydrogen-bond donors (Lipinski definition) is 2. The van der Waals surface area contributed by atoms with Crippen LogP contribution < -0.4 is 10.5 Å². The lowest BCUT2D eigenvalue weighted by Crippen LogP contribution is -2.42. The molecule has 1 unspecified atom stereocenters. The van der Waals surface area contributed by atoms with Gasteiger partial charge in [0.15, 0.2) is 5.69 Å². The second-order valence-electron chi connectivity index (χ2n) is 11.7. The van der Waals surface area contributed by atoms with Gasteiger partial charge >= 0.3 is 12.4 Å². The smallest absolute Gasteiger partial charge is 0.426 e. The average molecular weight is 601 g/mol. The average Bonchev–Trinajstić information content (AvgIpc) is 3.37. The Kier molecular flexibility index (Phi) is 8.82. The molecule has 7 nitrogen and oxygen atoms in total. The lowest BCUT2D eigenvalue weighted by Gasteiger charge is -2.27. The number of fused-ring (bicyclic) bond motifs is 5. The molecule has 0 saturated carbocycles. The molecule has 1 aliphatic heterocycles. The molecule has 3 heterocycles. The van der Waals surface area contributed by atoms with Crippen molar-refractivity contribution in [2.75, 3.05) is 5.73 Å². The Bertz CT molecular complexity index is 1380. The third-order valence-corrected chi connectivity index (χ3v) is 7.40. The maximum atomic E-state index is 14.0. The van der Waals surface area contributed by atoms with Gasteiger partial charge in [0, 0.05) is 0 Å². The molecule has 0 amide bonds. The highest BCUT2D eigenvalue weighted by Gasteiger charge is 2.58. The number of anilines is 1. The second kappa shape index (κ2) is 11.7. The lowest BCUT2D eigenvalue weighted by atomic mass is 9.85. The van der Waals surface area contributed by atoms with Crippen molar-refractivity contribution in [1.29, 1.82) is 0 Å². The molecule has 4 bridgehead atoms. The van der Waals surface area contributed by atoms with Crippen molar-refractivity contribution < 1.29 is 40.6 Å². The first-order valence-electron chi connectivity index (χ1n) is 13.8. The SMILES string of the molecule is CC(C)(C)c1cccc(CCCC2CCCCC[C@](O)(C(F)(F)F)c3nnc(o3)-c3nc(c(C(F)(F)F)cc3N)O2)c1. The zero-order valence-corrected chi connectivity index (χ0v) is 23.6. The van der Waals surface area contributed by atoms with Crippen molar-refractivity contribution in [3.63, 3.8) is 0 Å². The summed E-state index contributed by atoms with van der Waals surface area (Å²) in [5.74, 6) is -2.59. The highest BCUT2D eigenvalue weighted by Crippen LogP contribution is 2.44. The first-order chi connectivity index (χ1) is 19.5. The molecule has 42 heavy (non-hydrogen) atoms. The van der Waals surface area contributed by atoms with Crippen LogP contribution in [0.1, 0.15) is 88.3 Å². The Hall–Kier alpha value is -3.35. The first-order valence-corrected chi connectivity index (χ1v) is 13.8. The number of alkyl halides is 6. The first kappa shape index (κ1) is 31.6. The van der Waals surface area contributed by atoms with Crippen molar-refractivity contribution in [3.8, 4) is 17.5 Å². The van der Waals surface area contributed by atoms with Crippen LogP contribution in [0.3, 0.4) is 0 Å². The molecule has 1 aliphatic rings. The van der Waals surface area contributed by atoms with E-state index in [2.05, 4.69) is 42.0 Å². The van der Waals surface area contributed by atoms with Crippen LogP contribution in [0, 0.1) is 0 Å². The van der Waals surface area contributed by atoms with Gasteiger partial charge in [-0.05, 0) is 67.6 Å². The third-order valence-electron chi connectivity index (χ3n) is 7.40. The van der Waals surface area contributed by atoms with Gasteiger partial charge < -0.3 is 20.0 Å². The van der Waals surface area contributed by atoms with E-state index < -0.39 is 65.1 Å². The number of nitrogens with zero attached hydrogens (tertiary/aromatic N) is 3. The summed E-state index contributed by atoms with van der Waals surface area (Å²) in [5, 5.41) is 17.4. The molecule has 0 aliphatic carbocycles. The van der Waals surface area contributed by atoms with E-state index in [9.17, 15) is 31.4 Å².